The molecule has 0 saturated carbocycles. The van der Waals surface area contributed by atoms with E-state index in [1.165, 1.54) is 13.2 Å². The first kappa shape index (κ1) is 19.6. The van der Waals surface area contributed by atoms with Crippen LogP contribution in [-0.4, -0.2) is 36.5 Å². The summed E-state index contributed by atoms with van der Waals surface area (Å²) < 4.78 is 10.9. The molecular formula is C20H17BrN2O5. The molecule has 28 heavy (non-hydrogen) atoms. The fourth-order valence-electron chi connectivity index (χ4n) is 2.57. The molecule has 0 unspecified atom stereocenters. The van der Waals surface area contributed by atoms with Gasteiger partial charge in [-0.05, 0) is 29.8 Å². The van der Waals surface area contributed by atoms with E-state index in [9.17, 15) is 14.4 Å². The van der Waals surface area contributed by atoms with Crippen molar-refractivity contribution in [2.75, 3.05) is 13.7 Å². The number of benzene rings is 2. The number of imide groups is 1. The Hall–Kier alpha value is -3.13. The molecule has 8 heteroatoms. The topological polar surface area (TPSA) is 84.9 Å². The summed E-state index contributed by atoms with van der Waals surface area (Å²) in [5, 5.41) is 2.58. The number of nitrogens with zero attached hydrogens (tertiary/aromatic N) is 1. The van der Waals surface area contributed by atoms with Crippen molar-refractivity contribution in [2.24, 2.45) is 0 Å². The molecule has 1 aliphatic rings. The first-order valence-corrected chi connectivity index (χ1v) is 9.15. The standard InChI is InChI=1S/C20H17BrN2O5/c1-27-18(24)12-28-17-5-3-2-4-14(17)10-16-19(25)23(20(26)22-16)11-13-6-8-15(21)9-7-13/h2-10H,11-12H2,1H3,(H,22,26). The Morgan fingerprint density at radius 1 is 1.14 bits per heavy atom. The van der Waals surface area contributed by atoms with Crippen molar-refractivity contribution in [3.8, 4) is 5.75 Å². The predicted octanol–water partition coefficient (Wildman–Crippen LogP) is 3.09. The molecule has 0 bridgehead atoms. The molecule has 3 rings (SSSR count). The zero-order valence-corrected chi connectivity index (χ0v) is 16.6. The van der Waals surface area contributed by atoms with Gasteiger partial charge in [0.05, 0.1) is 13.7 Å². The number of carbonyl (C=O) groups excluding carboxylic acids is 3. The summed E-state index contributed by atoms with van der Waals surface area (Å²) in [6.45, 7) is -0.0948. The Labute approximate surface area is 170 Å². The first-order chi connectivity index (χ1) is 13.5. The summed E-state index contributed by atoms with van der Waals surface area (Å²) in [6, 6.07) is 13.8. The van der Waals surface area contributed by atoms with Crippen LogP contribution in [0.5, 0.6) is 5.75 Å². The first-order valence-electron chi connectivity index (χ1n) is 8.35. The second kappa shape index (κ2) is 8.71. The lowest BCUT2D eigenvalue weighted by molar-refractivity contribution is -0.142. The van der Waals surface area contributed by atoms with Gasteiger partial charge >= 0.3 is 12.0 Å². The number of ether oxygens (including phenoxy) is 2. The van der Waals surface area contributed by atoms with Crippen molar-refractivity contribution < 1.29 is 23.9 Å². The number of hydrogen-bond donors (Lipinski definition) is 1. The van der Waals surface area contributed by atoms with E-state index in [-0.39, 0.29) is 18.8 Å². The monoisotopic (exact) mass is 444 g/mol. The van der Waals surface area contributed by atoms with Crippen molar-refractivity contribution in [1.82, 2.24) is 10.2 Å². The molecule has 2 aromatic carbocycles. The SMILES string of the molecule is COC(=O)COc1ccccc1C=C1NC(=O)N(Cc2ccc(Br)cc2)C1=O. The third-order valence-corrected chi connectivity index (χ3v) is 4.54. The minimum Gasteiger partial charge on any atom is -0.481 e. The second-order valence-electron chi connectivity index (χ2n) is 5.91. The number of carbonyl (C=O) groups is 3. The summed E-state index contributed by atoms with van der Waals surface area (Å²) in [5.74, 6) is -0.558. The van der Waals surface area contributed by atoms with Crippen LogP contribution in [0.1, 0.15) is 11.1 Å². The highest BCUT2D eigenvalue weighted by Gasteiger charge is 2.33. The fraction of sp³-hybridized carbons (Fsp3) is 0.150. The summed E-state index contributed by atoms with van der Waals surface area (Å²) in [6.07, 6.45) is 1.52. The number of urea groups is 1. The van der Waals surface area contributed by atoms with Crippen LogP contribution in [0.4, 0.5) is 4.79 Å². The van der Waals surface area contributed by atoms with Gasteiger partial charge in [0.2, 0.25) is 0 Å². The minimum atomic E-state index is -0.520. The maximum absolute atomic E-state index is 12.7. The third-order valence-electron chi connectivity index (χ3n) is 4.01. The molecule has 0 aliphatic carbocycles. The highest BCUT2D eigenvalue weighted by molar-refractivity contribution is 9.10. The molecule has 7 nitrogen and oxygen atoms in total. The summed E-state index contributed by atoms with van der Waals surface area (Å²) >= 11 is 3.35. The molecule has 0 aromatic heterocycles. The zero-order valence-electron chi connectivity index (χ0n) is 15.0. The normalized spacial score (nSPS) is 14.9. The van der Waals surface area contributed by atoms with Gasteiger partial charge in [0.1, 0.15) is 11.4 Å². The van der Waals surface area contributed by atoms with E-state index < -0.39 is 17.9 Å². The van der Waals surface area contributed by atoms with E-state index in [1.54, 1.807) is 24.3 Å². The maximum atomic E-state index is 12.7. The van der Waals surface area contributed by atoms with Gasteiger partial charge in [-0.25, -0.2) is 9.59 Å². The maximum Gasteiger partial charge on any atom is 0.343 e. The van der Waals surface area contributed by atoms with Gasteiger partial charge in [-0.1, -0.05) is 46.3 Å². The van der Waals surface area contributed by atoms with Gasteiger partial charge in [0, 0.05) is 10.0 Å². The number of esters is 1. The molecule has 0 radical (unpaired) electrons. The van der Waals surface area contributed by atoms with Crippen LogP contribution in [0.3, 0.4) is 0 Å². The zero-order chi connectivity index (χ0) is 20.1. The summed E-state index contributed by atoms with van der Waals surface area (Å²) in [5.41, 5.74) is 1.52. The van der Waals surface area contributed by atoms with Crippen molar-refractivity contribution in [3.63, 3.8) is 0 Å². The summed E-state index contributed by atoms with van der Waals surface area (Å²) in [7, 11) is 1.27. The molecule has 1 N–H and O–H groups in total. The van der Waals surface area contributed by atoms with Gasteiger partial charge in [0.15, 0.2) is 6.61 Å². The molecule has 3 amide bonds. The Kier molecular flexibility index (Phi) is 6.10. The number of halogens is 1. The van der Waals surface area contributed by atoms with Crippen molar-refractivity contribution in [2.45, 2.75) is 6.54 Å². The Bertz CT molecular complexity index is 940. The average Bonchev–Trinajstić information content (AvgIpc) is 2.96. The smallest absolute Gasteiger partial charge is 0.343 e. The lowest BCUT2D eigenvalue weighted by atomic mass is 10.1. The predicted molar refractivity (Wildman–Crippen MR) is 105 cm³/mol. The number of para-hydroxylation sites is 1. The molecule has 1 fully saturated rings. The molecule has 0 spiro atoms. The number of amides is 3. The molecular weight excluding hydrogens is 428 g/mol. The van der Waals surface area contributed by atoms with Crippen LogP contribution in [-0.2, 0) is 20.9 Å². The molecule has 1 aliphatic heterocycles. The van der Waals surface area contributed by atoms with Crippen molar-refractivity contribution in [1.29, 1.82) is 0 Å². The number of nitrogens with one attached hydrogen (secondary N) is 1. The fourth-order valence-corrected chi connectivity index (χ4v) is 2.83. The largest absolute Gasteiger partial charge is 0.481 e. The van der Waals surface area contributed by atoms with E-state index in [1.807, 2.05) is 24.3 Å². The van der Waals surface area contributed by atoms with E-state index in [4.69, 9.17) is 4.74 Å². The third kappa shape index (κ3) is 4.58. The Morgan fingerprint density at radius 3 is 2.57 bits per heavy atom. The van der Waals surface area contributed by atoms with Crippen LogP contribution in [0.15, 0.2) is 58.7 Å². The van der Waals surface area contributed by atoms with Crippen molar-refractivity contribution in [3.05, 3.63) is 69.8 Å². The lowest BCUT2D eigenvalue weighted by Gasteiger charge is -2.11. The van der Waals surface area contributed by atoms with Crippen LogP contribution < -0.4 is 10.1 Å². The van der Waals surface area contributed by atoms with Crippen LogP contribution in [0.2, 0.25) is 0 Å². The summed E-state index contributed by atoms with van der Waals surface area (Å²) in [4.78, 5) is 37.3. The minimum absolute atomic E-state index is 0.135. The number of methoxy groups -OCH3 is 1. The van der Waals surface area contributed by atoms with Crippen LogP contribution in [0.25, 0.3) is 6.08 Å². The van der Waals surface area contributed by atoms with Crippen LogP contribution in [0, 0.1) is 0 Å². The van der Waals surface area contributed by atoms with Gasteiger partial charge in [0.25, 0.3) is 5.91 Å². The highest BCUT2D eigenvalue weighted by atomic mass is 79.9. The number of rotatable bonds is 6. The van der Waals surface area contributed by atoms with E-state index in [0.717, 1.165) is 14.9 Å². The van der Waals surface area contributed by atoms with Gasteiger partial charge < -0.3 is 14.8 Å². The second-order valence-corrected chi connectivity index (χ2v) is 6.82. The van der Waals surface area contributed by atoms with Gasteiger partial charge in [-0.3, -0.25) is 9.69 Å². The van der Waals surface area contributed by atoms with E-state index in [0.29, 0.717) is 11.3 Å². The lowest BCUT2D eigenvalue weighted by Crippen LogP contribution is -2.30. The average molecular weight is 445 g/mol. The Morgan fingerprint density at radius 2 is 1.86 bits per heavy atom. The quantitative estimate of drug-likeness (QED) is 0.420. The van der Waals surface area contributed by atoms with E-state index >= 15 is 0 Å². The van der Waals surface area contributed by atoms with Gasteiger partial charge in [-0.15, -0.1) is 0 Å². The number of hydrogen-bond acceptors (Lipinski definition) is 5. The molecule has 1 heterocycles. The molecule has 144 valence electrons. The Balaban J connectivity index is 1.78. The highest BCUT2D eigenvalue weighted by Crippen LogP contribution is 2.23. The molecule has 0 atom stereocenters. The molecule has 1 saturated heterocycles. The van der Waals surface area contributed by atoms with Crippen LogP contribution >= 0.6 is 15.9 Å². The van der Waals surface area contributed by atoms with E-state index in [2.05, 4.69) is 26.0 Å². The molecule has 2 aromatic rings. The van der Waals surface area contributed by atoms with Gasteiger partial charge in [-0.2, -0.15) is 0 Å². The van der Waals surface area contributed by atoms with Crippen molar-refractivity contribution >= 4 is 39.9 Å².